The fourth-order valence-corrected chi connectivity index (χ4v) is 7.61. The molecule has 0 aromatic carbocycles. The second kappa shape index (κ2) is 45.8. The molecule has 2 unspecified atom stereocenters. The van der Waals surface area contributed by atoms with E-state index in [9.17, 15) is 14.3 Å². The molecule has 0 saturated heterocycles. The van der Waals surface area contributed by atoms with Gasteiger partial charge in [0, 0.05) is 13.0 Å². The molecule has 0 fully saturated rings. The van der Waals surface area contributed by atoms with Crippen molar-refractivity contribution >= 4 is 13.8 Å². The van der Waals surface area contributed by atoms with E-state index in [0.717, 1.165) is 64.2 Å². The van der Waals surface area contributed by atoms with Gasteiger partial charge in [0.15, 0.2) is 0 Å². The van der Waals surface area contributed by atoms with Gasteiger partial charge >= 0.3 is 5.97 Å². The lowest BCUT2D eigenvalue weighted by molar-refractivity contribution is -0.870. The molecule has 362 valence electrons. The molecule has 2 atom stereocenters. The molecule has 0 aliphatic carbocycles. The van der Waals surface area contributed by atoms with Crippen molar-refractivity contribution in [1.82, 2.24) is 0 Å². The number of esters is 1. The van der Waals surface area contributed by atoms with Crippen LogP contribution in [0.1, 0.15) is 213 Å². The topological polar surface area (TPSA) is 94.1 Å². The van der Waals surface area contributed by atoms with Gasteiger partial charge in [0.05, 0.1) is 34.4 Å². The minimum Gasteiger partial charge on any atom is -0.756 e. The zero-order chi connectivity index (χ0) is 45.5. The molecule has 0 aromatic heterocycles. The van der Waals surface area contributed by atoms with Crippen LogP contribution in [0.3, 0.4) is 0 Å². The van der Waals surface area contributed by atoms with Gasteiger partial charge in [-0.1, -0.05) is 190 Å². The van der Waals surface area contributed by atoms with Crippen LogP contribution in [0, 0.1) is 0 Å². The normalized spacial score (nSPS) is 14.1. The van der Waals surface area contributed by atoms with Crippen LogP contribution in [-0.4, -0.2) is 70.7 Å². The van der Waals surface area contributed by atoms with Gasteiger partial charge in [-0.05, 0) is 77.0 Å². The summed E-state index contributed by atoms with van der Waals surface area (Å²) in [6, 6.07) is 0. The largest absolute Gasteiger partial charge is 0.756 e. The Labute approximate surface area is 383 Å². The van der Waals surface area contributed by atoms with E-state index < -0.39 is 13.9 Å². The van der Waals surface area contributed by atoms with Crippen LogP contribution in [0.4, 0.5) is 0 Å². The molecule has 9 heteroatoms. The summed E-state index contributed by atoms with van der Waals surface area (Å²) in [7, 11) is 1.35. The first-order chi connectivity index (χ1) is 30.1. The average Bonchev–Trinajstić information content (AvgIpc) is 3.23. The van der Waals surface area contributed by atoms with E-state index in [4.69, 9.17) is 18.5 Å². The van der Waals surface area contributed by atoms with Gasteiger partial charge in [0.2, 0.25) is 0 Å². The SMILES string of the molecule is CC/C=C\C/C=C\C/C=C\C/C=C\CCCCCCCCCCC(=O)OC(COCCCCCCCCCC/C=C\CCCCCCCCC)COP(=O)([O-])OCC[N+](C)(C)C. The number of ether oxygens (including phenoxy) is 2. The van der Waals surface area contributed by atoms with Crippen molar-refractivity contribution in [3.8, 4) is 0 Å². The molecular formula is C53H98NO7P. The summed E-state index contributed by atoms with van der Waals surface area (Å²) in [5.41, 5.74) is 0. The van der Waals surface area contributed by atoms with Gasteiger partial charge in [-0.3, -0.25) is 9.36 Å². The molecule has 0 N–H and O–H groups in total. The van der Waals surface area contributed by atoms with Gasteiger partial charge in [0.25, 0.3) is 7.82 Å². The van der Waals surface area contributed by atoms with E-state index in [1.165, 1.54) is 128 Å². The quantitative estimate of drug-likeness (QED) is 0.0197. The number of quaternary nitrogens is 1. The zero-order valence-corrected chi connectivity index (χ0v) is 42.0. The Balaban J connectivity index is 4.17. The summed E-state index contributed by atoms with van der Waals surface area (Å²) in [5.74, 6) is -0.343. The number of nitrogens with zero attached hydrogens (tertiary/aromatic N) is 1. The zero-order valence-electron chi connectivity index (χ0n) is 41.1. The third-order valence-corrected chi connectivity index (χ3v) is 11.8. The maximum Gasteiger partial charge on any atom is 0.306 e. The van der Waals surface area contributed by atoms with Crippen LogP contribution >= 0.6 is 7.82 Å². The second-order valence-electron chi connectivity index (χ2n) is 18.1. The maximum atomic E-state index is 12.7. The Morgan fingerprint density at radius 3 is 1.42 bits per heavy atom. The Morgan fingerprint density at radius 1 is 0.516 bits per heavy atom. The summed E-state index contributed by atoms with van der Waals surface area (Å²) in [6.07, 6.45) is 58.1. The lowest BCUT2D eigenvalue weighted by atomic mass is 10.1. The monoisotopic (exact) mass is 892 g/mol. The molecular weight excluding hydrogens is 794 g/mol. The van der Waals surface area contributed by atoms with Crippen LogP contribution in [0.15, 0.2) is 60.8 Å². The van der Waals surface area contributed by atoms with Gasteiger partial charge < -0.3 is 27.9 Å². The van der Waals surface area contributed by atoms with E-state index in [1.807, 2.05) is 21.1 Å². The number of phosphoric acid groups is 1. The van der Waals surface area contributed by atoms with Crippen molar-refractivity contribution in [3.63, 3.8) is 0 Å². The summed E-state index contributed by atoms with van der Waals surface area (Å²) in [4.78, 5) is 25.2. The van der Waals surface area contributed by atoms with Crippen LogP contribution in [0.5, 0.6) is 0 Å². The second-order valence-corrected chi connectivity index (χ2v) is 19.6. The molecule has 0 aliphatic rings. The number of carbonyl (C=O) groups is 1. The highest BCUT2D eigenvalue weighted by Gasteiger charge is 2.20. The van der Waals surface area contributed by atoms with Crippen LogP contribution < -0.4 is 4.89 Å². The highest BCUT2D eigenvalue weighted by Crippen LogP contribution is 2.38. The third kappa shape index (κ3) is 49.2. The number of carbonyl (C=O) groups excluding carboxylic acids is 1. The number of phosphoric ester groups is 1. The summed E-state index contributed by atoms with van der Waals surface area (Å²) in [6.45, 7) is 5.30. The van der Waals surface area contributed by atoms with Crippen LogP contribution in [-0.2, 0) is 27.9 Å². The van der Waals surface area contributed by atoms with Crippen molar-refractivity contribution in [2.45, 2.75) is 219 Å². The van der Waals surface area contributed by atoms with Crippen molar-refractivity contribution in [3.05, 3.63) is 60.8 Å². The molecule has 0 amide bonds. The van der Waals surface area contributed by atoms with Crippen molar-refractivity contribution in [1.29, 1.82) is 0 Å². The van der Waals surface area contributed by atoms with Gasteiger partial charge in [-0.25, -0.2) is 0 Å². The molecule has 0 saturated carbocycles. The predicted octanol–water partition coefficient (Wildman–Crippen LogP) is 15.0. The smallest absolute Gasteiger partial charge is 0.306 e. The molecule has 0 radical (unpaired) electrons. The van der Waals surface area contributed by atoms with Gasteiger partial charge in [0.1, 0.15) is 19.3 Å². The predicted molar refractivity (Wildman–Crippen MR) is 263 cm³/mol. The molecule has 0 heterocycles. The number of rotatable bonds is 47. The number of likely N-dealkylation sites (N-methyl/N-ethyl adjacent to an activating group) is 1. The first kappa shape index (κ1) is 60.2. The van der Waals surface area contributed by atoms with Crippen LogP contribution in [0.25, 0.3) is 0 Å². The van der Waals surface area contributed by atoms with E-state index in [-0.39, 0.29) is 25.8 Å². The van der Waals surface area contributed by atoms with E-state index >= 15 is 0 Å². The van der Waals surface area contributed by atoms with Gasteiger partial charge in [-0.2, -0.15) is 0 Å². The molecule has 8 nitrogen and oxygen atoms in total. The lowest BCUT2D eigenvalue weighted by Gasteiger charge is -2.28. The molecule has 0 aromatic rings. The fourth-order valence-electron chi connectivity index (χ4n) is 6.89. The number of allylic oxidation sites excluding steroid dienone is 10. The standard InChI is InChI=1S/C53H98NO7P/c1-6-8-10-12-14-16-18-20-22-24-26-27-28-30-32-34-36-38-40-42-44-46-53(55)61-52(51-60-62(56,57)59-49-47-54(3,4)5)50-58-48-45-43-41-39-37-35-33-31-29-25-23-21-19-17-15-13-11-9-7-2/h8,10,14,16,20,22-23,25-27,52H,6-7,9,11-13,15,17-19,21,24,28-51H2,1-5H3/b10-8-,16-14-,22-20-,25-23-,27-26-. The number of hydrogen-bond acceptors (Lipinski definition) is 7. The average molecular weight is 892 g/mol. The first-order valence-corrected chi connectivity index (χ1v) is 27.0. The third-order valence-electron chi connectivity index (χ3n) is 10.8. The molecule has 0 bridgehead atoms. The highest BCUT2D eigenvalue weighted by atomic mass is 31.2. The molecule has 62 heavy (non-hydrogen) atoms. The van der Waals surface area contributed by atoms with E-state index in [1.54, 1.807) is 0 Å². The Morgan fingerprint density at radius 2 is 0.935 bits per heavy atom. The summed E-state index contributed by atoms with van der Waals surface area (Å²) >= 11 is 0. The fraction of sp³-hybridized carbons (Fsp3) is 0.792. The summed E-state index contributed by atoms with van der Waals surface area (Å²) in [5, 5.41) is 0. The Kier molecular flexibility index (Phi) is 44.4. The molecule has 0 rings (SSSR count). The van der Waals surface area contributed by atoms with E-state index in [2.05, 4.69) is 74.6 Å². The number of unbranched alkanes of at least 4 members (excludes halogenated alkanes) is 23. The minimum atomic E-state index is -4.54. The van der Waals surface area contributed by atoms with E-state index in [0.29, 0.717) is 24.1 Å². The maximum absolute atomic E-state index is 12.7. The Hall–Kier alpha value is -1.80. The summed E-state index contributed by atoms with van der Waals surface area (Å²) < 4.78 is 34.7. The van der Waals surface area contributed by atoms with Crippen molar-refractivity contribution < 1.29 is 37.3 Å². The van der Waals surface area contributed by atoms with Crippen LogP contribution in [0.2, 0.25) is 0 Å². The highest BCUT2D eigenvalue weighted by molar-refractivity contribution is 7.45. The van der Waals surface area contributed by atoms with Crippen molar-refractivity contribution in [2.24, 2.45) is 0 Å². The van der Waals surface area contributed by atoms with Crippen molar-refractivity contribution in [2.75, 3.05) is 54.1 Å². The van der Waals surface area contributed by atoms with Gasteiger partial charge in [-0.15, -0.1) is 0 Å². The minimum absolute atomic E-state index is 0.0218. The number of hydrogen-bond donors (Lipinski definition) is 0. The molecule has 0 aliphatic heterocycles. The molecule has 0 spiro atoms. The lowest BCUT2D eigenvalue weighted by Crippen LogP contribution is -2.37. The Bertz CT molecular complexity index is 1170. The first-order valence-electron chi connectivity index (χ1n) is 25.5.